The van der Waals surface area contributed by atoms with Crippen molar-refractivity contribution in [2.24, 2.45) is 0 Å². The third-order valence-corrected chi connectivity index (χ3v) is 2.67. The van der Waals surface area contributed by atoms with Crippen LogP contribution in [0.3, 0.4) is 0 Å². The molecule has 0 aliphatic rings. The van der Waals surface area contributed by atoms with Crippen molar-refractivity contribution < 1.29 is 29.0 Å². The molecular weight excluding hydrogens is 208 g/mol. The van der Waals surface area contributed by atoms with Gasteiger partial charge in [0.25, 0.3) is 0 Å². The van der Waals surface area contributed by atoms with Gasteiger partial charge in [0.15, 0.2) is 0 Å². The molecule has 0 unspecified atom stereocenters. The van der Waals surface area contributed by atoms with Gasteiger partial charge in [-0.2, -0.15) is 0 Å². The fraction of sp³-hybridized carbons (Fsp3) is 0. The molecule has 1 aromatic carbocycles. The minimum absolute atomic E-state index is 0.139. The van der Waals surface area contributed by atoms with E-state index in [1.54, 1.807) is 6.07 Å². The summed E-state index contributed by atoms with van der Waals surface area (Å²) in [7, 11) is -4.10. The Balaban J connectivity index is 3.37. The van der Waals surface area contributed by atoms with Gasteiger partial charge in [-0.15, -0.1) is 0 Å². The predicted molar refractivity (Wildman–Crippen MR) is 35.9 cm³/mol. The molecule has 5 heteroatoms. The molecule has 0 aliphatic carbocycles. The van der Waals surface area contributed by atoms with Crippen LogP contribution in [-0.2, 0) is 26.1 Å². The molecule has 0 amide bonds. The van der Waals surface area contributed by atoms with Crippen molar-refractivity contribution >= 4 is 14.6 Å². The molecule has 0 spiro atoms. The topological polar surface area (TPSA) is 54.4 Å². The van der Waals surface area contributed by atoms with Crippen LogP contribution in [0, 0.1) is 0 Å². The number of hydrogen-bond donors (Lipinski definition) is 1. The number of rotatable bonds is 1. The number of hydrogen-bond acceptors (Lipinski definition) is 2. The quantitative estimate of drug-likeness (QED) is 0.531. The van der Waals surface area contributed by atoms with Gasteiger partial charge in [-0.3, -0.25) is 0 Å². The Morgan fingerprint density at radius 3 is 2.18 bits per heavy atom. The maximum atomic E-state index is 10.6. The molecule has 3 nitrogen and oxygen atoms in total. The summed E-state index contributed by atoms with van der Waals surface area (Å²) in [6.45, 7) is 0. The second-order valence-corrected chi connectivity index (χ2v) is 3.88. The van der Waals surface area contributed by atoms with Crippen LogP contribution in [-0.4, -0.2) is 13.0 Å². The van der Waals surface area contributed by atoms with Crippen LogP contribution < -0.4 is 4.46 Å². The molecule has 0 heterocycles. The molecule has 1 rings (SSSR count). The standard InChI is InChI=1S/C6H5O3S.Fe/c7-10(8,9)6-4-2-1-3-5-6;/h1-4H,(H,7,8,9);. The van der Waals surface area contributed by atoms with Crippen LogP contribution in [0.1, 0.15) is 0 Å². The zero-order chi connectivity index (χ0) is 8.48. The van der Waals surface area contributed by atoms with E-state index in [9.17, 15) is 8.42 Å². The van der Waals surface area contributed by atoms with Crippen molar-refractivity contribution in [1.82, 2.24) is 0 Å². The first-order chi connectivity index (χ1) is 5.02. The van der Waals surface area contributed by atoms with Crippen LogP contribution in [0.15, 0.2) is 29.2 Å². The van der Waals surface area contributed by atoms with Crippen molar-refractivity contribution in [2.45, 2.75) is 4.90 Å². The van der Waals surface area contributed by atoms with Gasteiger partial charge in [-0.1, -0.05) is 0 Å². The molecule has 0 aromatic heterocycles. The Bertz CT molecular complexity index is 358. The van der Waals surface area contributed by atoms with Crippen LogP contribution in [0.2, 0.25) is 0 Å². The summed E-state index contributed by atoms with van der Waals surface area (Å²) < 4.78 is 30.0. The third kappa shape index (κ3) is 2.04. The molecule has 1 aromatic rings. The second-order valence-electron chi connectivity index (χ2n) is 1.89. The fourth-order valence-corrected chi connectivity index (χ4v) is 1.83. The van der Waals surface area contributed by atoms with E-state index in [0.717, 1.165) is 0 Å². The van der Waals surface area contributed by atoms with Crippen LogP contribution in [0.4, 0.5) is 0 Å². The molecule has 0 atom stereocenters. The Labute approximate surface area is 73.0 Å². The van der Waals surface area contributed by atoms with Crippen molar-refractivity contribution in [1.29, 1.82) is 0 Å². The fourth-order valence-electron chi connectivity index (χ4n) is 0.646. The van der Waals surface area contributed by atoms with E-state index in [-0.39, 0.29) is 4.90 Å². The van der Waals surface area contributed by atoms with Gasteiger partial charge in [0.1, 0.15) is 0 Å². The van der Waals surface area contributed by atoms with Gasteiger partial charge in [0.05, 0.1) is 0 Å². The van der Waals surface area contributed by atoms with Crippen LogP contribution >= 0.6 is 0 Å². The van der Waals surface area contributed by atoms with Gasteiger partial charge in [-0.05, 0) is 0 Å². The van der Waals surface area contributed by atoms with Crippen molar-refractivity contribution in [3.05, 3.63) is 24.3 Å². The van der Waals surface area contributed by atoms with Gasteiger partial charge in [0.2, 0.25) is 0 Å². The SMILES string of the molecule is O=S(=O)(O)c1cccc[c]1[Fe]. The first-order valence-electron chi connectivity index (χ1n) is 2.72. The summed E-state index contributed by atoms with van der Waals surface area (Å²) in [6, 6.07) is 6.00. The van der Waals surface area contributed by atoms with E-state index in [0.29, 0.717) is 4.46 Å². The van der Waals surface area contributed by atoms with Crippen LogP contribution in [0.5, 0.6) is 0 Å². The minimum atomic E-state index is -4.10. The molecular formula is C6H5FeO3S. The molecule has 1 N–H and O–H groups in total. The monoisotopic (exact) mass is 213 g/mol. The molecule has 11 heavy (non-hydrogen) atoms. The van der Waals surface area contributed by atoms with Crippen molar-refractivity contribution in [3.8, 4) is 0 Å². The normalized spacial score (nSPS) is 11.5. The summed E-state index contributed by atoms with van der Waals surface area (Å²) >= 11 is 3.45. The first-order valence-corrected chi connectivity index (χ1v) is 4.72. The van der Waals surface area contributed by atoms with Crippen LogP contribution in [0.25, 0.3) is 0 Å². The molecule has 0 fully saturated rings. The van der Waals surface area contributed by atoms with Crippen molar-refractivity contribution in [3.63, 3.8) is 0 Å². The second kappa shape index (κ2) is 2.95. The Morgan fingerprint density at radius 2 is 1.82 bits per heavy atom. The Kier molecular flexibility index (Phi) is 2.34. The molecule has 0 aliphatic heterocycles. The summed E-state index contributed by atoms with van der Waals surface area (Å²) in [4.78, 5) is -0.139. The predicted octanol–water partition coefficient (Wildman–Crippen LogP) is 0.105. The van der Waals surface area contributed by atoms with E-state index in [1.165, 1.54) is 18.2 Å². The average Bonchev–Trinajstić information content (AvgIpc) is 1.86. The summed E-state index contributed by atoms with van der Waals surface area (Å²) in [5, 5.41) is 0. The zero-order valence-electron chi connectivity index (χ0n) is 5.33. The molecule has 0 radical (unpaired) electrons. The number of benzene rings is 1. The first kappa shape index (κ1) is 8.74. The summed E-state index contributed by atoms with van der Waals surface area (Å²) in [6.07, 6.45) is 0. The van der Waals surface area contributed by atoms with Gasteiger partial charge in [0, 0.05) is 0 Å². The maximum absolute atomic E-state index is 10.6. The van der Waals surface area contributed by atoms with E-state index < -0.39 is 10.1 Å². The summed E-state index contributed by atoms with van der Waals surface area (Å²) in [5.74, 6) is 0. The zero-order valence-corrected chi connectivity index (χ0v) is 7.26. The van der Waals surface area contributed by atoms with Gasteiger partial charge >= 0.3 is 72.7 Å². The van der Waals surface area contributed by atoms with Gasteiger partial charge in [-0.25, -0.2) is 0 Å². The Hall–Kier alpha value is -0.351. The van der Waals surface area contributed by atoms with Crippen molar-refractivity contribution in [2.75, 3.05) is 0 Å². The van der Waals surface area contributed by atoms with Gasteiger partial charge < -0.3 is 0 Å². The molecule has 0 saturated carbocycles. The molecule has 61 valence electrons. The van der Waals surface area contributed by atoms with E-state index in [2.05, 4.69) is 16.0 Å². The molecule has 0 saturated heterocycles. The molecule has 0 bridgehead atoms. The summed E-state index contributed by atoms with van der Waals surface area (Å²) in [5.41, 5.74) is 0. The van der Waals surface area contributed by atoms with E-state index >= 15 is 0 Å². The Morgan fingerprint density at radius 1 is 1.27 bits per heavy atom. The van der Waals surface area contributed by atoms with E-state index in [1.807, 2.05) is 0 Å². The van der Waals surface area contributed by atoms with E-state index in [4.69, 9.17) is 4.55 Å². The third-order valence-electron chi connectivity index (χ3n) is 1.10. The average molecular weight is 213 g/mol.